The van der Waals surface area contributed by atoms with Crippen LogP contribution in [0, 0.1) is 13.8 Å². The largest absolute Gasteiger partial charge is 0.497 e. The zero-order valence-corrected chi connectivity index (χ0v) is 17.9. The summed E-state index contributed by atoms with van der Waals surface area (Å²) in [5, 5.41) is 7.32. The van der Waals surface area contributed by atoms with Gasteiger partial charge in [-0.05, 0) is 49.2 Å². The maximum atomic E-state index is 12.1. The minimum Gasteiger partial charge on any atom is -0.497 e. The second-order valence-corrected chi connectivity index (χ2v) is 6.89. The summed E-state index contributed by atoms with van der Waals surface area (Å²) < 4.78 is 21.3. The number of benzene rings is 2. The Bertz CT molecular complexity index is 1030. The average molecular weight is 432 g/mol. The van der Waals surface area contributed by atoms with E-state index in [0.717, 1.165) is 11.1 Å². The van der Waals surface area contributed by atoms with Crippen LogP contribution in [0.15, 0.2) is 34.9 Å². The molecule has 0 aliphatic carbocycles. The monoisotopic (exact) mass is 431 g/mol. The highest BCUT2D eigenvalue weighted by molar-refractivity contribution is 6.32. The Balaban J connectivity index is 1.57. The normalized spacial score (nSPS) is 10.6. The molecule has 0 radical (unpaired) electrons. The highest BCUT2D eigenvalue weighted by Gasteiger charge is 2.15. The third kappa shape index (κ3) is 5.01. The molecule has 1 aromatic heterocycles. The van der Waals surface area contributed by atoms with Crippen LogP contribution in [0.4, 0.5) is 0 Å². The molecule has 0 bridgehead atoms. The number of carbonyl (C=O) groups is 1. The van der Waals surface area contributed by atoms with E-state index < -0.39 is 0 Å². The van der Waals surface area contributed by atoms with Gasteiger partial charge >= 0.3 is 0 Å². The Morgan fingerprint density at radius 3 is 2.50 bits per heavy atom. The Morgan fingerprint density at radius 2 is 1.83 bits per heavy atom. The molecule has 0 aliphatic heterocycles. The van der Waals surface area contributed by atoms with Crippen molar-refractivity contribution in [1.29, 1.82) is 0 Å². The van der Waals surface area contributed by atoms with Gasteiger partial charge in [0, 0.05) is 11.1 Å². The number of nitrogens with zero attached hydrogens (tertiary/aromatic N) is 2. The van der Waals surface area contributed by atoms with Gasteiger partial charge in [0.25, 0.3) is 5.91 Å². The van der Waals surface area contributed by atoms with E-state index in [9.17, 15) is 4.79 Å². The van der Waals surface area contributed by atoms with Gasteiger partial charge in [-0.3, -0.25) is 4.79 Å². The number of carbonyl (C=O) groups excluding carboxylic acids is 1. The van der Waals surface area contributed by atoms with Gasteiger partial charge < -0.3 is 24.1 Å². The van der Waals surface area contributed by atoms with Crippen LogP contribution in [-0.2, 0) is 11.3 Å². The van der Waals surface area contributed by atoms with Gasteiger partial charge in [0.1, 0.15) is 17.2 Å². The second-order valence-electron chi connectivity index (χ2n) is 6.51. The number of ether oxygens (including phenoxy) is 3. The number of halogens is 1. The maximum absolute atomic E-state index is 12.1. The molecule has 3 rings (SSSR count). The number of aryl methyl sites for hydroxylation is 2. The standard InChI is InChI=1S/C21H22ClN3O5/c1-12-7-15(8-13(2)20(12)22)29-11-18(26)23-10-19-24-21(25-30-19)16-6-5-14(27-3)9-17(16)28-4/h5-9H,10-11H2,1-4H3,(H,23,26). The lowest BCUT2D eigenvalue weighted by molar-refractivity contribution is -0.123. The van der Waals surface area contributed by atoms with Gasteiger partial charge in [0.2, 0.25) is 11.7 Å². The highest BCUT2D eigenvalue weighted by Crippen LogP contribution is 2.31. The predicted molar refractivity (Wildman–Crippen MR) is 111 cm³/mol. The minimum atomic E-state index is -0.318. The van der Waals surface area contributed by atoms with Crippen LogP contribution in [0.1, 0.15) is 17.0 Å². The van der Waals surface area contributed by atoms with Crippen LogP contribution in [0.3, 0.4) is 0 Å². The first kappa shape index (κ1) is 21.4. The Morgan fingerprint density at radius 1 is 1.10 bits per heavy atom. The Kier molecular flexibility index (Phi) is 6.79. The van der Waals surface area contributed by atoms with Crippen LogP contribution in [0.2, 0.25) is 5.02 Å². The van der Waals surface area contributed by atoms with Crippen molar-refractivity contribution in [3.8, 4) is 28.6 Å². The Hall–Kier alpha value is -3.26. The molecule has 0 spiro atoms. The fourth-order valence-corrected chi connectivity index (χ4v) is 2.89. The predicted octanol–water partition coefficient (Wildman–Crippen LogP) is 3.72. The van der Waals surface area contributed by atoms with Gasteiger partial charge in [0.15, 0.2) is 6.61 Å². The maximum Gasteiger partial charge on any atom is 0.258 e. The van der Waals surface area contributed by atoms with Crippen LogP contribution in [-0.4, -0.2) is 36.9 Å². The summed E-state index contributed by atoms with van der Waals surface area (Å²) in [7, 11) is 3.12. The first-order valence-corrected chi connectivity index (χ1v) is 9.50. The zero-order valence-electron chi connectivity index (χ0n) is 17.1. The summed E-state index contributed by atoms with van der Waals surface area (Å²) in [5.74, 6) is 2.07. The average Bonchev–Trinajstić information content (AvgIpc) is 3.22. The van der Waals surface area contributed by atoms with Crippen LogP contribution in [0.5, 0.6) is 17.2 Å². The molecule has 8 nitrogen and oxygen atoms in total. The third-order valence-corrected chi connectivity index (χ3v) is 4.93. The topological polar surface area (TPSA) is 95.7 Å². The summed E-state index contributed by atoms with van der Waals surface area (Å²) >= 11 is 6.14. The van der Waals surface area contributed by atoms with Crippen molar-refractivity contribution >= 4 is 17.5 Å². The van der Waals surface area contributed by atoms with E-state index >= 15 is 0 Å². The lowest BCUT2D eigenvalue weighted by Gasteiger charge is -2.09. The van der Waals surface area contributed by atoms with Gasteiger partial charge in [0.05, 0.1) is 26.3 Å². The summed E-state index contributed by atoms with van der Waals surface area (Å²) in [4.78, 5) is 16.4. The van der Waals surface area contributed by atoms with E-state index in [0.29, 0.717) is 33.7 Å². The molecular formula is C21H22ClN3O5. The van der Waals surface area contributed by atoms with Crippen molar-refractivity contribution in [2.75, 3.05) is 20.8 Å². The SMILES string of the molecule is COc1ccc(-c2noc(CNC(=O)COc3cc(C)c(Cl)c(C)c3)n2)c(OC)c1. The summed E-state index contributed by atoms with van der Waals surface area (Å²) in [5.41, 5.74) is 2.43. The molecule has 0 saturated carbocycles. The number of hydrogen-bond acceptors (Lipinski definition) is 7. The molecule has 2 aromatic carbocycles. The number of amides is 1. The van der Waals surface area contributed by atoms with E-state index in [1.807, 2.05) is 13.8 Å². The van der Waals surface area contributed by atoms with Crippen LogP contribution < -0.4 is 19.5 Å². The quantitative estimate of drug-likeness (QED) is 0.580. The molecule has 0 fully saturated rings. The second kappa shape index (κ2) is 9.49. The van der Waals surface area contributed by atoms with Gasteiger partial charge in [-0.2, -0.15) is 4.98 Å². The van der Waals surface area contributed by atoms with Crippen LogP contribution >= 0.6 is 11.6 Å². The molecule has 158 valence electrons. The van der Waals surface area contributed by atoms with Gasteiger partial charge in [-0.25, -0.2) is 0 Å². The summed E-state index contributed by atoms with van der Waals surface area (Å²) in [6, 6.07) is 8.84. The number of hydrogen-bond donors (Lipinski definition) is 1. The molecule has 9 heteroatoms. The first-order chi connectivity index (χ1) is 14.4. The minimum absolute atomic E-state index is 0.0757. The zero-order chi connectivity index (χ0) is 21.7. The number of nitrogens with one attached hydrogen (secondary N) is 1. The van der Waals surface area contributed by atoms with E-state index in [4.69, 9.17) is 30.3 Å². The smallest absolute Gasteiger partial charge is 0.258 e. The third-order valence-electron chi connectivity index (χ3n) is 4.33. The lowest BCUT2D eigenvalue weighted by Crippen LogP contribution is -2.28. The van der Waals surface area contributed by atoms with E-state index in [1.54, 1.807) is 44.6 Å². The van der Waals surface area contributed by atoms with Gasteiger partial charge in [-0.1, -0.05) is 16.8 Å². The fraction of sp³-hybridized carbons (Fsp3) is 0.286. The molecule has 0 atom stereocenters. The first-order valence-electron chi connectivity index (χ1n) is 9.12. The molecule has 1 N–H and O–H groups in total. The summed E-state index contributed by atoms with van der Waals surface area (Å²) in [6.07, 6.45) is 0. The molecular weight excluding hydrogens is 410 g/mol. The number of rotatable bonds is 8. The van der Waals surface area contributed by atoms with Crippen molar-refractivity contribution in [3.63, 3.8) is 0 Å². The Labute approximate surface area is 179 Å². The number of methoxy groups -OCH3 is 2. The van der Waals surface area contributed by atoms with E-state index in [1.165, 1.54) is 0 Å². The van der Waals surface area contributed by atoms with Crippen LogP contribution in [0.25, 0.3) is 11.4 Å². The van der Waals surface area contributed by atoms with Crippen molar-refractivity contribution in [1.82, 2.24) is 15.5 Å². The molecule has 0 aliphatic rings. The highest BCUT2D eigenvalue weighted by atomic mass is 35.5. The van der Waals surface area contributed by atoms with Crippen molar-refractivity contribution in [3.05, 3.63) is 52.4 Å². The lowest BCUT2D eigenvalue weighted by atomic mass is 10.1. The van der Waals surface area contributed by atoms with E-state index in [2.05, 4.69) is 15.5 Å². The molecule has 1 heterocycles. The number of aromatic nitrogens is 2. The molecule has 0 saturated heterocycles. The molecule has 30 heavy (non-hydrogen) atoms. The van der Waals surface area contributed by atoms with Crippen molar-refractivity contribution in [2.24, 2.45) is 0 Å². The fourth-order valence-electron chi connectivity index (χ4n) is 2.78. The van der Waals surface area contributed by atoms with Crippen molar-refractivity contribution in [2.45, 2.75) is 20.4 Å². The van der Waals surface area contributed by atoms with E-state index in [-0.39, 0.29) is 24.9 Å². The molecule has 3 aromatic rings. The van der Waals surface area contributed by atoms with Gasteiger partial charge in [-0.15, -0.1) is 0 Å². The molecule has 0 unspecified atom stereocenters. The van der Waals surface area contributed by atoms with Crippen molar-refractivity contribution < 1.29 is 23.5 Å². The summed E-state index contributed by atoms with van der Waals surface area (Å²) in [6.45, 7) is 3.70. The molecule has 1 amide bonds.